The Bertz CT molecular complexity index is 388. The number of rotatable bonds is 3. The van der Waals surface area contributed by atoms with Crippen molar-refractivity contribution in [2.45, 2.75) is 31.3 Å². The van der Waals surface area contributed by atoms with Gasteiger partial charge in [0.2, 0.25) is 0 Å². The molecule has 1 aliphatic carbocycles. The molecule has 92 valence electrons. The summed E-state index contributed by atoms with van der Waals surface area (Å²) in [4.78, 5) is 11.4. The van der Waals surface area contributed by atoms with Crippen molar-refractivity contribution >= 4 is 11.6 Å². The van der Waals surface area contributed by atoms with Crippen LogP contribution in [-0.2, 0) is 0 Å². The molecule has 1 aromatic rings. The Hall–Kier alpha value is -1.55. The highest BCUT2D eigenvalue weighted by Gasteiger charge is 2.21. The van der Waals surface area contributed by atoms with Crippen LogP contribution < -0.4 is 16.4 Å². The summed E-state index contributed by atoms with van der Waals surface area (Å²) in [5, 5.41) is 6.05. The van der Waals surface area contributed by atoms with Crippen molar-refractivity contribution in [3.8, 4) is 0 Å². The SMILES string of the molecule is CNC(=O)c1ccc(NC2CCC(N)C2)cc1. The quantitative estimate of drug-likeness (QED) is 0.738. The maximum atomic E-state index is 11.4. The van der Waals surface area contributed by atoms with E-state index in [0.29, 0.717) is 17.6 Å². The predicted octanol–water partition coefficient (Wildman–Crippen LogP) is 1.34. The Balaban J connectivity index is 1.96. The molecule has 0 aromatic heterocycles. The zero-order valence-corrected chi connectivity index (χ0v) is 10.1. The van der Waals surface area contributed by atoms with Crippen molar-refractivity contribution < 1.29 is 4.79 Å². The third kappa shape index (κ3) is 2.97. The third-order valence-electron chi connectivity index (χ3n) is 3.22. The Morgan fingerprint density at radius 3 is 2.53 bits per heavy atom. The highest BCUT2D eigenvalue weighted by atomic mass is 16.1. The third-order valence-corrected chi connectivity index (χ3v) is 3.22. The van der Waals surface area contributed by atoms with Gasteiger partial charge in [-0.3, -0.25) is 4.79 Å². The Labute approximate surface area is 102 Å². The molecule has 1 fully saturated rings. The summed E-state index contributed by atoms with van der Waals surface area (Å²) in [6.45, 7) is 0. The molecule has 1 saturated carbocycles. The first kappa shape index (κ1) is 11.9. The van der Waals surface area contributed by atoms with Gasteiger partial charge in [-0.1, -0.05) is 0 Å². The number of hydrogen-bond donors (Lipinski definition) is 3. The number of carbonyl (C=O) groups is 1. The maximum Gasteiger partial charge on any atom is 0.251 e. The molecule has 4 N–H and O–H groups in total. The summed E-state index contributed by atoms with van der Waals surface area (Å²) in [6.07, 6.45) is 3.24. The maximum absolute atomic E-state index is 11.4. The lowest BCUT2D eigenvalue weighted by Gasteiger charge is -2.14. The average Bonchev–Trinajstić information content (AvgIpc) is 2.75. The van der Waals surface area contributed by atoms with Crippen molar-refractivity contribution in [3.63, 3.8) is 0 Å². The smallest absolute Gasteiger partial charge is 0.251 e. The lowest BCUT2D eigenvalue weighted by Crippen LogP contribution is -2.21. The molecule has 17 heavy (non-hydrogen) atoms. The van der Waals surface area contributed by atoms with Crippen LogP contribution in [0.3, 0.4) is 0 Å². The largest absolute Gasteiger partial charge is 0.382 e. The Morgan fingerprint density at radius 2 is 2.00 bits per heavy atom. The van der Waals surface area contributed by atoms with Gasteiger partial charge < -0.3 is 16.4 Å². The van der Waals surface area contributed by atoms with Crippen molar-refractivity contribution in [3.05, 3.63) is 29.8 Å². The molecule has 0 spiro atoms. The van der Waals surface area contributed by atoms with E-state index in [-0.39, 0.29) is 5.91 Å². The minimum atomic E-state index is -0.0561. The van der Waals surface area contributed by atoms with E-state index in [9.17, 15) is 4.79 Å². The topological polar surface area (TPSA) is 67.2 Å². The van der Waals surface area contributed by atoms with Gasteiger partial charge in [-0.25, -0.2) is 0 Å². The van der Waals surface area contributed by atoms with Crippen LogP contribution in [0.25, 0.3) is 0 Å². The molecule has 2 atom stereocenters. The van der Waals surface area contributed by atoms with Crippen LogP contribution in [0.1, 0.15) is 29.6 Å². The first-order chi connectivity index (χ1) is 8.19. The summed E-state index contributed by atoms with van der Waals surface area (Å²) in [5.74, 6) is -0.0561. The van der Waals surface area contributed by atoms with Crippen LogP contribution in [0.4, 0.5) is 5.69 Å². The summed E-state index contributed by atoms with van der Waals surface area (Å²) < 4.78 is 0. The van der Waals surface area contributed by atoms with Crippen molar-refractivity contribution in [2.24, 2.45) is 5.73 Å². The molecule has 2 unspecified atom stereocenters. The van der Waals surface area contributed by atoms with Crippen LogP contribution >= 0.6 is 0 Å². The zero-order valence-electron chi connectivity index (χ0n) is 10.1. The average molecular weight is 233 g/mol. The molecule has 2 rings (SSSR count). The highest BCUT2D eigenvalue weighted by molar-refractivity contribution is 5.94. The van der Waals surface area contributed by atoms with Gasteiger partial charge >= 0.3 is 0 Å². The molecule has 0 bridgehead atoms. The molecule has 1 aromatic carbocycles. The fraction of sp³-hybridized carbons (Fsp3) is 0.462. The second-order valence-corrected chi connectivity index (χ2v) is 4.57. The predicted molar refractivity (Wildman–Crippen MR) is 69.1 cm³/mol. The van der Waals surface area contributed by atoms with Crippen molar-refractivity contribution in [1.29, 1.82) is 0 Å². The number of amides is 1. The zero-order chi connectivity index (χ0) is 12.3. The van der Waals surface area contributed by atoms with E-state index in [1.54, 1.807) is 7.05 Å². The van der Waals surface area contributed by atoms with E-state index in [4.69, 9.17) is 5.73 Å². The van der Waals surface area contributed by atoms with Crippen LogP contribution in [0.15, 0.2) is 24.3 Å². The van der Waals surface area contributed by atoms with Crippen LogP contribution in [0.2, 0.25) is 0 Å². The fourth-order valence-electron chi connectivity index (χ4n) is 2.25. The van der Waals surface area contributed by atoms with E-state index in [1.165, 1.54) is 0 Å². The number of anilines is 1. The number of nitrogens with two attached hydrogens (primary N) is 1. The fourth-order valence-corrected chi connectivity index (χ4v) is 2.25. The summed E-state index contributed by atoms with van der Waals surface area (Å²) in [6, 6.07) is 8.34. The molecule has 4 nitrogen and oxygen atoms in total. The van der Waals surface area contributed by atoms with E-state index in [1.807, 2.05) is 24.3 Å². The van der Waals surface area contributed by atoms with Crippen LogP contribution in [-0.4, -0.2) is 25.0 Å². The van der Waals surface area contributed by atoms with Gasteiger partial charge in [-0.05, 0) is 43.5 Å². The van der Waals surface area contributed by atoms with Crippen molar-refractivity contribution in [2.75, 3.05) is 12.4 Å². The first-order valence-electron chi connectivity index (χ1n) is 6.03. The number of nitrogens with one attached hydrogen (secondary N) is 2. The van der Waals surface area contributed by atoms with Gasteiger partial charge in [0.25, 0.3) is 5.91 Å². The lowest BCUT2D eigenvalue weighted by atomic mass is 10.1. The minimum Gasteiger partial charge on any atom is -0.382 e. The number of carbonyl (C=O) groups excluding carboxylic acids is 1. The van der Waals surface area contributed by atoms with Crippen molar-refractivity contribution in [1.82, 2.24) is 5.32 Å². The molecule has 0 saturated heterocycles. The molecule has 1 amide bonds. The monoisotopic (exact) mass is 233 g/mol. The summed E-state index contributed by atoms with van der Waals surface area (Å²) in [7, 11) is 1.63. The second kappa shape index (κ2) is 5.19. The van der Waals surface area contributed by atoms with Gasteiger partial charge in [0.05, 0.1) is 0 Å². The van der Waals surface area contributed by atoms with E-state index >= 15 is 0 Å². The van der Waals surface area contributed by atoms with Gasteiger partial charge in [-0.2, -0.15) is 0 Å². The van der Waals surface area contributed by atoms with Gasteiger partial charge in [0.15, 0.2) is 0 Å². The van der Waals surface area contributed by atoms with Gasteiger partial charge in [0.1, 0.15) is 0 Å². The van der Waals surface area contributed by atoms with E-state index in [0.717, 1.165) is 24.9 Å². The van der Waals surface area contributed by atoms with Crippen LogP contribution in [0.5, 0.6) is 0 Å². The molecule has 1 aliphatic rings. The Kier molecular flexibility index (Phi) is 3.64. The normalized spacial score (nSPS) is 23.4. The lowest BCUT2D eigenvalue weighted by molar-refractivity contribution is 0.0963. The highest BCUT2D eigenvalue weighted by Crippen LogP contribution is 2.21. The molecule has 4 heteroatoms. The molecule has 0 aliphatic heterocycles. The van der Waals surface area contributed by atoms with Crippen LogP contribution in [0, 0.1) is 0 Å². The first-order valence-corrected chi connectivity index (χ1v) is 6.03. The molecule has 0 heterocycles. The molecular formula is C13H19N3O. The standard InChI is InChI=1S/C13H19N3O/c1-15-13(17)9-2-5-11(6-3-9)16-12-7-4-10(14)8-12/h2-3,5-6,10,12,16H,4,7-8,14H2,1H3,(H,15,17). The minimum absolute atomic E-state index is 0.0561. The second-order valence-electron chi connectivity index (χ2n) is 4.57. The summed E-state index contributed by atoms with van der Waals surface area (Å²) in [5.41, 5.74) is 7.60. The number of benzene rings is 1. The molecular weight excluding hydrogens is 214 g/mol. The van der Waals surface area contributed by atoms with E-state index in [2.05, 4.69) is 10.6 Å². The van der Waals surface area contributed by atoms with Gasteiger partial charge in [-0.15, -0.1) is 0 Å². The van der Waals surface area contributed by atoms with E-state index < -0.39 is 0 Å². The van der Waals surface area contributed by atoms with Gasteiger partial charge in [0, 0.05) is 30.4 Å². The number of hydrogen-bond acceptors (Lipinski definition) is 3. The summed E-state index contributed by atoms with van der Waals surface area (Å²) >= 11 is 0. The Morgan fingerprint density at radius 1 is 1.29 bits per heavy atom. The molecule has 0 radical (unpaired) electrons.